The monoisotopic (exact) mass is 286 g/mol. The van der Waals surface area contributed by atoms with Crippen molar-refractivity contribution in [2.24, 2.45) is 0 Å². The normalized spacial score (nSPS) is 20.0. The van der Waals surface area contributed by atoms with E-state index in [9.17, 15) is 0 Å². The van der Waals surface area contributed by atoms with Crippen molar-refractivity contribution >= 4 is 0 Å². The first-order valence-corrected chi connectivity index (χ1v) is 7.50. The van der Waals surface area contributed by atoms with Crippen molar-refractivity contribution in [1.29, 1.82) is 0 Å². The first-order chi connectivity index (χ1) is 10.2. The van der Waals surface area contributed by atoms with Crippen LogP contribution in [-0.4, -0.2) is 39.1 Å². The Hall–Kier alpha value is -1.72. The van der Waals surface area contributed by atoms with Crippen molar-refractivity contribution < 1.29 is 4.74 Å². The van der Waals surface area contributed by atoms with E-state index in [-0.39, 0.29) is 6.10 Å². The van der Waals surface area contributed by atoms with E-state index >= 15 is 0 Å². The highest BCUT2D eigenvalue weighted by molar-refractivity contribution is 5.08. The second kappa shape index (κ2) is 6.37. The summed E-state index contributed by atoms with van der Waals surface area (Å²) in [4.78, 5) is 11.3. The van der Waals surface area contributed by atoms with Gasteiger partial charge in [-0.15, -0.1) is 0 Å². The fourth-order valence-corrected chi connectivity index (χ4v) is 2.73. The van der Waals surface area contributed by atoms with Crippen LogP contribution >= 0.6 is 0 Å². The number of pyridine rings is 1. The summed E-state index contributed by atoms with van der Waals surface area (Å²) in [5.41, 5.74) is 1.01. The Bertz CT molecular complexity index is 567. The van der Waals surface area contributed by atoms with Gasteiger partial charge in [-0.3, -0.25) is 9.88 Å². The summed E-state index contributed by atoms with van der Waals surface area (Å²) in [6.07, 6.45) is 5.81. The third-order valence-corrected chi connectivity index (χ3v) is 3.84. The SMILES string of the molecule is CC(C)n1ccnc1CN1CCO[C@H](c2ccccn2)C1. The van der Waals surface area contributed by atoms with E-state index in [0.29, 0.717) is 6.04 Å². The maximum Gasteiger partial charge on any atom is 0.123 e. The van der Waals surface area contributed by atoms with Crippen LogP contribution in [-0.2, 0) is 11.3 Å². The van der Waals surface area contributed by atoms with Crippen LogP contribution in [0.2, 0.25) is 0 Å². The van der Waals surface area contributed by atoms with Crippen LogP contribution in [0.4, 0.5) is 0 Å². The molecule has 2 aromatic rings. The molecular formula is C16H22N4O. The largest absolute Gasteiger partial charge is 0.369 e. The van der Waals surface area contributed by atoms with Gasteiger partial charge in [0, 0.05) is 37.7 Å². The molecular weight excluding hydrogens is 264 g/mol. The molecule has 0 N–H and O–H groups in total. The van der Waals surface area contributed by atoms with Crippen LogP contribution < -0.4 is 0 Å². The lowest BCUT2D eigenvalue weighted by molar-refractivity contribution is -0.0360. The minimum atomic E-state index is 0.0578. The summed E-state index contributed by atoms with van der Waals surface area (Å²) in [5.74, 6) is 1.12. The van der Waals surface area contributed by atoms with Crippen molar-refractivity contribution in [2.45, 2.75) is 32.5 Å². The Balaban J connectivity index is 1.68. The van der Waals surface area contributed by atoms with Gasteiger partial charge in [0.25, 0.3) is 0 Å². The van der Waals surface area contributed by atoms with Gasteiger partial charge in [0.2, 0.25) is 0 Å². The minimum absolute atomic E-state index is 0.0578. The molecule has 1 fully saturated rings. The summed E-state index contributed by atoms with van der Waals surface area (Å²) in [5, 5.41) is 0. The van der Waals surface area contributed by atoms with E-state index in [0.717, 1.165) is 37.8 Å². The molecule has 3 heterocycles. The molecule has 1 saturated heterocycles. The maximum atomic E-state index is 5.86. The number of imidazole rings is 1. The van der Waals surface area contributed by atoms with E-state index in [2.05, 4.69) is 39.5 Å². The van der Waals surface area contributed by atoms with Gasteiger partial charge in [-0.25, -0.2) is 4.98 Å². The second-order valence-electron chi connectivity index (χ2n) is 5.69. The van der Waals surface area contributed by atoms with Gasteiger partial charge in [0.15, 0.2) is 0 Å². The number of aromatic nitrogens is 3. The minimum Gasteiger partial charge on any atom is -0.369 e. The van der Waals surface area contributed by atoms with Crippen LogP contribution in [0, 0.1) is 0 Å². The number of nitrogens with zero attached hydrogens (tertiary/aromatic N) is 4. The van der Waals surface area contributed by atoms with E-state index in [1.807, 2.05) is 30.6 Å². The average Bonchev–Trinajstić information content (AvgIpc) is 2.97. The summed E-state index contributed by atoms with van der Waals surface area (Å²) in [6.45, 7) is 7.76. The molecule has 1 aliphatic rings. The molecule has 0 spiro atoms. The molecule has 0 radical (unpaired) electrons. The van der Waals surface area contributed by atoms with Crippen molar-refractivity contribution in [3.05, 3.63) is 48.3 Å². The quantitative estimate of drug-likeness (QED) is 0.866. The number of rotatable bonds is 4. The predicted octanol–water partition coefficient (Wildman–Crippen LogP) is 2.43. The number of hydrogen-bond donors (Lipinski definition) is 0. The molecule has 112 valence electrons. The number of ether oxygens (including phenoxy) is 1. The lowest BCUT2D eigenvalue weighted by Gasteiger charge is -2.32. The topological polar surface area (TPSA) is 43.2 Å². The van der Waals surface area contributed by atoms with Crippen molar-refractivity contribution in [2.75, 3.05) is 19.7 Å². The molecule has 5 heteroatoms. The first-order valence-electron chi connectivity index (χ1n) is 7.50. The standard InChI is InChI=1S/C16H22N4O/c1-13(2)20-8-7-18-16(20)12-19-9-10-21-15(11-19)14-5-3-4-6-17-14/h3-8,13,15H,9-12H2,1-2H3/t15-/m0/s1. The summed E-state index contributed by atoms with van der Waals surface area (Å²) < 4.78 is 8.09. The van der Waals surface area contributed by atoms with Gasteiger partial charge in [-0.1, -0.05) is 6.07 Å². The van der Waals surface area contributed by atoms with Crippen LogP contribution in [0.15, 0.2) is 36.8 Å². The third kappa shape index (κ3) is 3.31. The van der Waals surface area contributed by atoms with E-state index in [1.54, 1.807) is 0 Å². The van der Waals surface area contributed by atoms with E-state index < -0.39 is 0 Å². The molecule has 0 saturated carbocycles. The zero-order chi connectivity index (χ0) is 14.7. The number of morpholine rings is 1. The van der Waals surface area contributed by atoms with Gasteiger partial charge in [0.05, 0.1) is 18.8 Å². The third-order valence-electron chi connectivity index (χ3n) is 3.84. The van der Waals surface area contributed by atoms with Crippen molar-refractivity contribution in [1.82, 2.24) is 19.4 Å². The first kappa shape index (κ1) is 14.2. The highest BCUT2D eigenvalue weighted by Crippen LogP contribution is 2.21. The zero-order valence-electron chi connectivity index (χ0n) is 12.6. The summed E-state index contributed by atoms with van der Waals surface area (Å²) >= 11 is 0. The molecule has 5 nitrogen and oxygen atoms in total. The molecule has 0 aromatic carbocycles. The molecule has 0 bridgehead atoms. The highest BCUT2D eigenvalue weighted by atomic mass is 16.5. The lowest BCUT2D eigenvalue weighted by Crippen LogP contribution is -2.38. The van der Waals surface area contributed by atoms with E-state index in [4.69, 9.17) is 4.74 Å². The second-order valence-corrected chi connectivity index (χ2v) is 5.69. The van der Waals surface area contributed by atoms with Crippen molar-refractivity contribution in [3.63, 3.8) is 0 Å². The predicted molar refractivity (Wildman–Crippen MR) is 80.8 cm³/mol. The Morgan fingerprint density at radius 1 is 1.29 bits per heavy atom. The number of hydrogen-bond acceptors (Lipinski definition) is 4. The average molecular weight is 286 g/mol. The molecule has 1 atom stereocenters. The molecule has 0 amide bonds. The van der Waals surface area contributed by atoms with Crippen LogP contribution in [0.5, 0.6) is 0 Å². The Kier molecular flexibility index (Phi) is 4.31. The lowest BCUT2D eigenvalue weighted by atomic mass is 10.2. The van der Waals surface area contributed by atoms with Gasteiger partial charge >= 0.3 is 0 Å². The molecule has 3 rings (SSSR count). The Morgan fingerprint density at radius 3 is 2.95 bits per heavy atom. The van der Waals surface area contributed by atoms with Crippen molar-refractivity contribution in [3.8, 4) is 0 Å². The summed E-state index contributed by atoms with van der Waals surface area (Å²) in [6, 6.07) is 6.42. The molecule has 0 unspecified atom stereocenters. The fourth-order valence-electron chi connectivity index (χ4n) is 2.73. The van der Waals surface area contributed by atoms with Crippen LogP contribution in [0.3, 0.4) is 0 Å². The molecule has 2 aromatic heterocycles. The Labute approximate surface area is 125 Å². The van der Waals surface area contributed by atoms with Gasteiger partial charge in [-0.2, -0.15) is 0 Å². The fraction of sp³-hybridized carbons (Fsp3) is 0.500. The van der Waals surface area contributed by atoms with Crippen LogP contribution in [0.25, 0.3) is 0 Å². The maximum absolute atomic E-state index is 5.86. The highest BCUT2D eigenvalue weighted by Gasteiger charge is 2.24. The van der Waals surface area contributed by atoms with Gasteiger partial charge < -0.3 is 9.30 Å². The molecule has 0 aliphatic carbocycles. The smallest absolute Gasteiger partial charge is 0.123 e. The Morgan fingerprint density at radius 2 is 2.19 bits per heavy atom. The van der Waals surface area contributed by atoms with Gasteiger partial charge in [-0.05, 0) is 26.0 Å². The zero-order valence-corrected chi connectivity index (χ0v) is 12.6. The van der Waals surface area contributed by atoms with Crippen LogP contribution in [0.1, 0.15) is 37.5 Å². The van der Waals surface area contributed by atoms with E-state index in [1.165, 1.54) is 0 Å². The van der Waals surface area contributed by atoms with Gasteiger partial charge in [0.1, 0.15) is 11.9 Å². The summed E-state index contributed by atoms with van der Waals surface area (Å²) in [7, 11) is 0. The molecule has 21 heavy (non-hydrogen) atoms. The molecule has 1 aliphatic heterocycles.